The Morgan fingerprint density at radius 3 is 2.58 bits per heavy atom. The molecule has 3 rings (SSSR count). The van der Waals surface area contributed by atoms with Crippen molar-refractivity contribution in [2.24, 2.45) is 0 Å². The lowest BCUT2D eigenvalue weighted by Crippen LogP contribution is -2.37. The van der Waals surface area contributed by atoms with Crippen LogP contribution in [0.4, 0.5) is 5.82 Å². The van der Waals surface area contributed by atoms with Crippen LogP contribution in [0, 0.1) is 0 Å². The molecular formula is C15H17N3O. The fraction of sp³-hybridized carbons (Fsp3) is 0.333. The molecule has 0 unspecified atom stereocenters. The first kappa shape index (κ1) is 12.0. The zero-order chi connectivity index (χ0) is 13.1. The van der Waals surface area contributed by atoms with Gasteiger partial charge in [0.05, 0.1) is 0 Å². The van der Waals surface area contributed by atoms with Crippen LogP contribution in [0.2, 0.25) is 0 Å². The van der Waals surface area contributed by atoms with Gasteiger partial charge in [0, 0.05) is 25.5 Å². The van der Waals surface area contributed by atoms with E-state index in [1.807, 2.05) is 6.07 Å². The normalized spacial score (nSPS) is 16.5. The first-order valence-corrected chi connectivity index (χ1v) is 6.68. The molecule has 2 heterocycles. The lowest BCUT2D eigenvalue weighted by Gasteiger charge is -2.32. The van der Waals surface area contributed by atoms with Crippen LogP contribution < -0.4 is 10.5 Å². The largest absolute Gasteiger partial charge is 0.352 e. The molecule has 1 aliphatic heterocycles. The predicted molar refractivity (Wildman–Crippen MR) is 75.5 cm³/mol. The van der Waals surface area contributed by atoms with E-state index in [1.54, 1.807) is 12.4 Å². The minimum absolute atomic E-state index is 0.0966. The molecule has 1 aliphatic rings. The van der Waals surface area contributed by atoms with E-state index in [0.717, 1.165) is 25.9 Å². The Labute approximate surface area is 112 Å². The molecule has 0 spiro atoms. The highest BCUT2D eigenvalue weighted by Gasteiger charge is 2.22. The number of aromatic nitrogens is 2. The highest BCUT2D eigenvalue weighted by molar-refractivity contribution is 5.36. The number of piperidine rings is 1. The Morgan fingerprint density at radius 1 is 1.16 bits per heavy atom. The van der Waals surface area contributed by atoms with Crippen molar-refractivity contribution in [1.29, 1.82) is 0 Å². The lowest BCUT2D eigenvalue weighted by atomic mass is 9.89. The topological polar surface area (TPSA) is 49.0 Å². The summed E-state index contributed by atoms with van der Waals surface area (Å²) < 4.78 is 0. The monoisotopic (exact) mass is 255 g/mol. The van der Waals surface area contributed by atoms with Gasteiger partial charge in [-0.05, 0) is 24.3 Å². The fourth-order valence-corrected chi connectivity index (χ4v) is 2.72. The number of nitrogens with one attached hydrogen (secondary N) is 1. The van der Waals surface area contributed by atoms with Gasteiger partial charge in [-0.1, -0.05) is 30.3 Å². The third kappa shape index (κ3) is 2.52. The summed E-state index contributed by atoms with van der Waals surface area (Å²) in [5.41, 5.74) is 1.30. The van der Waals surface area contributed by atoms with Gasteiger partial charge in [-0.2, -0.15) is 0 Å². The number of aromatic amines is 1. The molecule has 0 amide bonds. The van der Waals surface area contributed by atoms with E-state index in [9.17, 15) is 4.79 Å². The van der Waals surface area contributed by atoms with Gasteiger partial charge in [0.15, 0.2) is 5.82 Å². The van der Waals surface area contributed by atoms with Crippen LogP contribution in [0.15, 0.2) is 47.5 Å². The smallest absolute Gasteiger partial charge is 0.290 e. The van der Waals surface area contributed by atoms with Crippen molar-refractivity contribution in [1.82, 2.24) is 9.97 Å². The van der Waals surface area contributed by atoms with Crippen molar-refractivity contribution in [2.45, 2.75) is 18.8 Å². The minimum atomic E-state index is -0.0966. The van der Waals surface area contributed by atoms with E-state index in [1.165, 1.54) is 5.56 Å². The number of nitrogens with zero attached hydrogens (tertiary/aromatic N) is 2. The Hall–Kier alpha value is -2.10. The molecule has 1 aromatic heterocycles. The number of rotatable bonds is 2. The number of hydrogen-bond donors (Lipinski definition) is 1. The van der Waals surface area contributed by atoms with Crippen molar-refractivity contribution in [3.8, 4) is 0 Å². The van der Waals surface area contributed by atoms with Gasteiger partial charge < -0.3 is 9.88 Å². The highest BCUT2D eigenvalue weighted by Crippen LogP contribution is 2.28. The number of H-pyrrole nitrogens is 1. The van der Waals surface area contributed by atoms with Gasteiger partial charge in [0.2, 0.25) is 0 Å². The molecule has 0 bridgehead atoms. The van der Waals surface area contributed by atoms with Crippen LogP contribution in [0.3, 0.4) is 0 Å². The van der Waals surface area contributed by atoms with Gasteiger partial charge in [0.25, 0.3) is 5.56 Å². The highest BCUT2D eigenvalue weighted by atomic mass is 16.1. The molecule has 1 N–H and O–H groups in total. The van der Waals surface area contributed by atoms with E-state index < -0.39 is 0 Å². The average Bonchev–Trinajstić information content (AvgIpc) is 2.49. The Morgan fingerprint density at radius 2 is 1.89 bits per heavy atom. The molecule has 0 radical (unpaired) electrons. The van der Waals surface area contributed by atoms with E-state index in [4.69, 9.17) is 0 Å². The molecule has 2 aromatic rings. The lowest BCUT2D eigenvalue weighted by molar-refractivity contribution is 0.501. The summed E-state index contributed by atoms with van der Waals surface area (Å²) in [6.45, 7) is 1.78. The summed E-state index contributed by atoms with van der Waals surface area (Å²) in [7, 11) is 0. The summed E-state index contributed by atoms with van der Waals surface area (Å²) in [6.07, 6.45) is 5.35. The van der Waals surface area contributed by atoms with Crippen LogP contribution in [0.25, 0.3) is 0 Å². The SMILES string of the molecule is O=c1[nH]ccnc1N1CCC(c2ccccc2)CC1. The Bertz CT molecular complexity index is 586. The van der Waals surface area contributed by atoms with E-state index >= 15 is 0 Å². The molecule has 4 nitrogen and oxygen atoms in total. The van der Waals surface area contributed by atoms with Gasteiger partial charge in [-0.25, -0.2) is 4.98 Å². The Kier molecular flexibility index (Phi) is 3.31. The maximum absolute atomic E-state index is 11.7. The summed E-state index contributed by atoms with van der Waals surface area (Å²) in [4.78, 5) is 20.7. The van der Waals surface area contributed by atoms with Gasteiger partial charge in [0.1, 0.15) is 0 Å². The first-order chi connectivity index (χ1) is 9.34. The average molecular weight is 255 g/mol. The maximum atomic E-state index is 11.7. The van der Waals surface area contributed by atoms with Crippen LogP contribution in [0.1, 0.15) is 24.3 Å². The summed E-state index contributed by atoms with van der Waals surface area (Å²) in [5.74, 6) is 1.15. The molecule has 1 aromatic carbocycles. The summed E-state index contributed by atoms with van der Waals surface area (Å²) in [5, 5.41) is 0. The quantitative estimate of drug-likeness (QED) is 0.894. The van der Waals surface area contributed by atoms with Crippen molar-refractivity contribution in [2.75, 3.05) is 18.0 Å². The number of hydrogen-bond acceptors (Lipinski definition) is 3. The molecular weight excluding hydrogens is 238 g/mol. The summed E-state index contributed by atoms with van der Waals surface area (Å²) in [6, 6.07) is 10.6. The van der Waals surface area contributed by atoms with Crippen molar-refractivity contribution < 1.29 is 0 Å². The van der Waals surface area contributed by atoms with Crippen LogP contribution >= 0.6 is 0 Å². The number of benzene rings is 1. The molecule has 0 aliphatic carbocycles. The second-order valence-electron chi connectivity index (χ2n) is 4.91. The zero-order valence-electron chi connectivity index (χ0n) is 10.7. The zero-order valence-corrected chi connectivity index (χ0v) is 10.7. The first-order valence-electron chi connectivity index (χ1n) is 6.68. The molecule has 0 atom stereocenters. The number of anilines is 1. The van der Waals surface area contributed by atoms with Gasteiger partial charge in [-0.3, -0.25) is 4.79 Å². The van der Waals surface area contributed by atoms with Crippen LogP contribution in [-0.4, -0.2) is 23.1 Å². The van der Waals surface area contributed by atoms with Gasteiger partial charge >= 0.3 is 0 Å². The van der Waals surface area contributed by atoms with Crippen molar-refractivity contribution >= 4 is 5.82 Å². The Balaban J connectivity index is 1.70. The third-order valence-corrected chi connectivity index (χ3v) is 3.75. The minimum Gasteiger partial charge on any atom is -0.352 e. The molecule has 0 saturated carbocycles. The molecule has 1 saturated heterocycles. The standard InChI is InChI=1S/C15H17N3O/c19-15-14(16-8-9-17-15)18-10-6-13(7-11-18)12-4-2-1-3-5-12/h1-5,8-9,13H,6-7,10-11H2,(H,17,19). The van der Waals surface area contributed by atoms with Crippen molar-refractivity contribution in [3.05, 3.63) is 58.6 Å². The van der Waals surface area contributed by atoms with E-state index in [0.29, 0.717) is 11.7 Å². The van der Waals surface area contributed by atoms with Crippen molar-refractivity contribution in [3.63, 3.8) is 0 Å². The third-order valence-electron chi connectivity index (χ3n) is 3.75. The van der Waals surface area contributed by atoms with Gasteiger partial charge in [-0.15, -0.1) is 0 Å². The summed E-state index contributed by atoms with van der Waals surface area (Å²) >= 11 is 0. The molecule has 19 heavy (non-hydrogen) atoms. The molecule has 98 valence electrons. The van der Waals surface area contributed by atoms with Crippen LogP contribution in [0.5, 0.6) is 0 Å². The van der Waals surface area contributed by atoms with Crippen LogP contribution in [-0.2, 0) is 0 Å². The fourth-order valence-electron chi connectivity index (χ4n) is 2.72. The predicted octanol–water partition coefficient (Wildman–Crippen LogP) is 2.15. The van der Waals surface area contributed by atoms with E-state index in [2.05, 4.69) is 39.1 Å². The second kappa shape index (κ2) is 5.26. The maximum Gasteiger partial charge on any atom is 0.290 e. The van der Waals surface area contributed by atoms with E-state index in [-0.39, 0.29) is 5.56 Å². The molecule has 1 fully saturated rings. The second-order valence-corrected chi connectivity index (χ2v) is 4.91. The molecule has 4 heteroatoms.